The first-order chi connectivity index (χ1) is 10.7. The largest absolute Gasteiger partial charge is 0.380 e. The highest BCUT2D eigenvalue weighted by Crippen LogP contribution is 2.31. The van der Waals surface area contributed by atoms with E-state index in [4.69, 9.17) is 4.74 Å². The molecule has 0 aromatic heterocycles. The van der Waals surface area contributed by atoms with E-state index in [9.17, 15) is 4.79 Å². The van der Waals surface area contributed by atoms with Crippen LogP contribution >= 0.6 is 0 Å². The highest BCUT2D eigenvalue weighted by molar-refractivity contribution is 6.07. The molecule has 0 radical (unpaired) electrons. The van der Waals surface area contributed by atoms with Crippen LogP contribution < -0.4 is 4.90 Å². The number of anilines is 1. The number of hydrogen-bond acceptors (Lipinski definition) is 2. The molecule has 0 spiro atoms. The molecule has 3 nitrogen and oxygen atoms in total. The molecule has 0 fully saturated rings. The van der Waals surface area contributed by atoms with Crippen molar-refractivity contribution in [2.45, 2.75) is 26.4 Å². The van der Waals surface area contributed by atoms with E-state index in [-0.39, 0.29) is 5.91 Å². The summed E-state index contributed by atoms with van der Waals surface area (Å²) in [6, 6.07) is 14.0. The van der Waals surface area contributed by atoms with E-state index in [0.717, 1.165) is 36.2 Å². The van der Waals surface area contributed by atoms with Gasteiger partial charge in [0.2, 0.25) is 0 Å². The summed E-state index contributed by atoms with van der Waals surface area (Å²) in [7, 11) is 1.67. The SMILES string of the molecule is COCc1cccc(C(=O)N2CCCc3cccc(C)c32)c1. The van der Waals surface area contributed by atoms with Crippen LogP contribution in [0.5, 0.6) is 0 Å². The van der Waals surface area contributed by atoms with E-state index >= 15 is 0 Å². The van der Waals surface area contributed by atoms with Crippen molar-refractivity contribution in [3.05, 3.63) is 64.7 Å². The summed E-state index contributed by atoms with van der Waals surface area (Å²) in [6.07, 6.45) is 2.06. The number of nitrogens with zero attached hydrogens (tertiary/aromatic N) is 1. The molecular weight excluding hydrogens is 274 g/mol. The van der Waals surface area contributed by atoms with Crippen LogP contribution in [0, 0.1) is 6.92 Å². The number of methoxy groups -OCH3 is 1. The van der Waals surface area contributed by atoms with Gasteiger partial charge in [-0.2, -0.15) is 0 Å². The van der Waals surface area contributed by atoms with Crippen LogP contribution in [0.25, 0.3) is 0 Å². The molecule has 1 aliphatic rings. The van der Waals surface area contributed by atoms with E-state index in [2.05, 4.69) is 25.1 Å². The summed E-state index contributed by atoms with van der Waals surface area (Å²) in [6.45, 7) is 3.38. The zero-order valence-electron chi connectivity index (χ0n) is 13.1. The Balaban J connectivity index is 1.96. The second-order valence-electron chi connectivity index (χ2n) is 5.78. The third-order valence-corrected chi connectivity index (χ3v) is 4.15. The molecule has 114 valence electrons. The lowest BCUT2D eigenvalue weighted by Crippen LogP contribution is -2.36. The third-order valence-electron chi connectivity index (χ3n) is 4.15. The Hall–Kier alpha value is -2.13. The Labute approximate surface area is 131 Å². The molecule has 2 aromatic rings. The molecule has 0 saturated heterocycles. The van der Waals surface area contributed by atoms with E-state index in [1.807, 2.05) is 29.2 Å². The van der Waals surface area contributed by atoms with Crippen LogP contribution in [0.3, 0.4) is 0 Å². The number of benzene rings is 2. The first-order valence-electron chi connectivity index (χ1n) is 7.69. The summed E-state index contributed by atoms with van der Waals surface area (Å²) in [4.78, 5) is 14.9. The van der Waals surface area contributed by atoms with Gasteiger partial charge in [-0.05, 0) is 48.6 Å². The maximum atomic E-state index is 13.0. The van der Waals surface area contributed by atoms with Gasteiger partial charge in [0.05, 0.1) is 12.3 Å². The Morgan fingerprint density at radius 1 is 1.23 bits per heavy atom. The van der Waals surface area contributed by atoms with E-state index in [0.29, 0.717) is 6.61 Å². The predicted molar refractivity (Wildman–Crippen MR) is 88.3 cm³/mol. The maximum absolute atomic E-state index is 13.0. The highest BCUT2D eigenvalue weighted by atomic mass is 16.5. The minimum Gasteiger partial charge on any atom is -0.380 e. The number of amides is 1. The van der Waals surface area contributed by atoms with Gasteiger partial charge < -0.3 is 9.64 Å². The summed E-state index contributed by atoms with van der Waals surface area (Å²) < 4.78 is 5.16. The zero-order chi connectivity index (χ0) is 15.5. The van der Waals surface area contributed by atoms with Crippen molar-refractivity contribution in [1.82, 2.24) is 0 Å². The van der Waals surface area contributed by atoms with Crippen molar-refractivity contribution >= 4 is 11.6 Å². The molecular formula is C19H21NO2. The Kier molecular flexibility index (Phi) is 4.25. The Morgan fingerprint density at radius 2 is 2.05 bits per heavy atom. The molecule has 3 heteroatoms. The monoisotopic (exact) mass is 295 g/mol. The second kappa shape index (κ2) is 6.32. The Bertz CT molecular complexity index is 694. The van der Waals surface area contributed by atoms with Gasteiger partial charge in [0.15, 0.2) is 0 Å². The lowest BCUT2D eigenvalue weighted by Gasteiger charge is -2.31. The third kappa shape index (κ3) is 2.77. The van der Waals surface area contributed by atoms with Crippen molar-refractivity contribution < 1.29 is 9.53 Å². The average Bonchev–Trinajstić information content (AvgIpc) is 2.54. The van der Waals surface area contributed by atoms with Crippen LogP contribution in [0.1, 0.15) is 33.5 Å². The van der Waals surface area contributed by atoms with Gasteiger partial charge in [0.1, 0.15) is 0 Å². The van der Waals surface area contributed by atoms with Crippen molar-refractivity contribution in [1.29, 1.82) is 0 Å². The van der Waals surface area contributed by atoms with Crippen LogP contribution in [0.2, 0.25) is 0 Å². The smallest absolute Gasteiger partial charge is 0.258 e. The molecule has 0 N–H and O–H groups in total. The number of hydrogen-bond donors (Lipinski definition) is 0. The van der Waals surface area contributed by atoms with Crippen molar-refractivity contribution in [3.8, 4) is 0 Å². The van der Waals surface area contributed by atoms with Gasteiger partial charge in [-0.3, -0.25) is 4.79 Å². The lowest BCUT2D eigenvalue weighted by atomic mass is 9.97. The summed E-state index contributed by atoms with van der Waals surface area (Å²) in [5, 5.41) is 0. The van der Waals surface area contributed by atoms with Gasteiger partial charge in [-0.15, -0.1) is 0 Å². The second-order valence-corrected chi connectivity index (χ2v) is 5.78. The van der Waals surface area contributed by atoms with Gasteiger partial charge in [0.25, 0.3) is 5.91 Å². The molecule has 1 amide bonds. The molecule has 0 unspecified atom stereocenters. The fourth-order valence-corrected chi connectivity index (χ4v) is 3.17. The summed E-state index contributed by atoms with van der Waals surface area (Å²) >= 11 is 0. The normalized spacial score (nSPS) is 13.8. The fourth-order valence-electron chi connectivity index (χ4n) is 3.17. The molecule has 1 heterocycles. The van der Waals surface area contributed by atoms with Crippen LogP contribution in [-0.4, -0.2) is 19.6 Å². The van der Waals surface area contributed by atoms with Gasteiger partial charge in [-0.1, -0.05) is 30.3 Å². The molecule has 0 atom stereocenters. The number of rotatable bonds is 3. The fraction of sp³-hybridized carbons (Fsp3) is 0.316. The summed E-state index contributed by atoms with van der Waals surface area (Å²) in [5.74, 6) is 0.0770. The standard InChI is InChI=1S/C19H21NO2/c1-14-6-3-8-16-10-5-11-20(18(14)16)19(21)17-9-4-7-15(12-17)13-22-2/h3-4,6-9,12H,5,10-11,13H2,1-2H3. The van der Waals surface area contributed by atoms with Gasteiger partial charge in [0, 0.05) is 19.2 Å². The average molecular weight is 295 g/mol. The molecule has 2 aromatic carbocycles. The predicted octanol–water partition coefficient (Wildman–Crippen LogP) is 3.73. The minimum atomic E-state index is 0.0770. The number of para-hydroxylation sites is 1. The number of aryl methyl sites for hydroxylation is 2. The van der Waals surface area contributed by atoms with E-state index < -0.39 is 0 Å². The zero-order valence-corrected chi connectivity index (χ0v) is 13.1. The van der Waals surface area contributed by atoms with Crippen molar-refractivity contribution in [2.24, 2.45) is 0 Å². The topological polar surface area (TPSA) is 29.5 Å². The van der Waals surface area contributed by atoms with Crippen molar-refractivity contribution in [2.75, 3.05) is 18.6 Å². The van der Waals surface area contributed by atoms with E-state index in [1.165, 1.54) is 11.1 Å². The number of fused-ring (bicyclic) bond motifs is 1. The number of ether oxygens (including phenoxy) is 1. The molecule has 3 rings (SSSR count). The summed E-state index contributed by atoms with van der Waals surface area (Å²) in [5.41, 5.74) is 5.28. The first kappa shape index (κ1) is 14.8. The van der Waals surface area contributed by atoms with Gasteiger partial charge in [-0.25, -0.2) is 0 Å². The molecule has 22 heavy (non-hydrogen) atoms. The number of carbonyl (C=O) groups excluding carboxylic acids is 1. The highest BCUT2D eigenvalue weighted by Gasteiger charge is 2.24. The molecule has 0 aliphatic carbocycles. The van der Waals surface area contributed by atoms with Crippen LogP contribution in [-0.2, 0) is 17.8 Å². The molecule has 0 saturated carbocycles. The minimum absolute atomic E-state index is 0.0770. The maximum Gasteiger partial charge on any atom is 0.258 e. The molecule has 1 aliphatic heterocycles. The van der Waals surface area contributed by atoms with Crippen molar-refractivity contribution in [3.63, 3.8) is 0 Å². The Morgan fingerprint density at radius 3 is 2.86 bits per heavy atom. The quantitative estimate of drug-likeness (QED) is 0.863. The first-order valence-corrected chi connectivity index (χ1v) is 7.69. The van der Waals surface area contributed by atoms with Crippen LogP contribution in [0.15, 0.2) is 42.5 Å². The van der Waals surface area contributed by atoms with Gasteiger partial charge >= 0.3 is 0 Å². The number of carbonyl (C=O) groups is 1. The lowest BCUT2D eigenvalue weighted by molar-refractivity contribution is 0.0984. The molecule has 0 bridgehead atoms. The van der Waals surface area contributed by atoms with Crippen LogP contribution in [0.4, 0.5) is 5.69 Å². The van der Waals surface area contributed by atoms with E-state index in [1.54, 1.807) is 7.11 Å².